The van der Waals surface area contributed by atoms with Gasteiger partial charge in [-0.1, -0.05) is 18.2 Å². The maximum Gasteiger partial charge on any atom is 0.226 e. The standard InChI is InChI=1S/C15H9F2NO/c16-11-6-7-12(13(17)8-11)14-9-18-15(19-14)10-4-2-1-3-5-10/h1-9H. The molecule has 0 aliphatic carbocycles. The third kappa shape index (κ3) is 2.25. The number of benzene rings is 2. The molecule has 0 aliphatic heterocycles. The Morgan fingerprint density at radius 1 is 0.947 bits per heavy atom. The highest BCUT2D eigenvalue weighted by Gasteiger charge is 2.12. The third-order valence-electron chi connectivity index (χ3n) is 2.72. The van der Waals surface area contributed by atoms with Crippen molar-refractivity contribution in [1.29, 1.82) is 0 Å². The molecule has 3 rings (SSSR count). The Hall–Kier alpha value is -2.49. The molecule has 0 unspecified atom stereocenters. The Balaban J connectivity index is 2.02. The van der Waals surface area contributed by atoms with Crippen LogP contribution in [-0.4, -0.2) is 4.98 Å². The topological polar surface area (TPSA) is 26.0 Å². The van der Waals surface area contributed by atoms with Crippen molar-refractivity contribution in [2.45, 2.75) is 0 Å². The summed E-state index contributed by atoms with van der Waals surface area (Å²) in [7, 11) is 0. The van der Waals surface area contributed by atoms with Gasteiger partial charge in [0, 0.05) is 11.6 Å². The van der Waals surface area contributed by atoms with Crippen LogP contribution in [0.15, 0.2) is 59.1 Å². The Kier molecular flexibility index (Phi) is 2.83. The van der Waals surface area contributed by atoms with Crippen LogP contribution in [0.5, 0.6) is 0 Å². The zero-order chi connectivity index (χ0) is 13.2. The number of aromatic nitrogens is 1. The number of halogens is 2. The molecule has 0 radical (unpaired) electrons. The number of hydrogen-bond acceptors (Lipinski definition) is 2. The highest BCUT2D eigenvalue weighted by Crippen LogP contribution is 2.27. The summed E-state index contributed by atoms with van der Waals surface area (Å²) in [6, 6.07) is 12.6. The predicted octanol–water partition coefficient (Wildman–Crippen LogP) is 4.29. The van der Waals surface area contributed by atoms with Gasteiger partial charge in [0.1, 0.15) is 11.6 Å². The second kappa shape index (κ2) is 4.65. The van der Waals surface area contributed by atoms with Gasteiger partial charge in [-0.2, -0.15) is 0 Å². The van der Waals surface area contributed by atoms with Gasteiger partial charge in [-0.05, 0) is 24.3 Å². The van der Waals surface area contributed by atoms with E-state index < -0.39 is 11.6 Å². The lowest BCUT2D eigenvalue weighted by Gasteiger charge is -1.99. The lowest BCUT2D eigenvalue weighted by Crippen LogP contribution is -1.84. The minimum absolute atomic E-state index is 0.191. The molecule has 0 spiro atoms. The highest BCUT2D eigenvalue weighted by atomic mass is 19.1. The molecule has 94 valence electrons. The van der Waals surface area contributed by atoms with Crippen LogP contribution in [0.2, 0.25) is 0 Å². The lowest BCUT2D eigenvalue weighted by atomic mass is 10.2. The molecule has 2 aromatic carbocycles. The molecule has 3 aromatic rings. The molecule has 2 nitrogen and oxygen atoms in total. The van der Waals surface area contributed by atoms with Crippen LogP contribution >= 0.6 is 0 Å². The Bertz CT molecular complexity index is 707. The van der Waals surface area contributed by atoms with Crippen LogP contribution in [-0.2, 0) is 0 Å². The van der Waals surface area contributed by atoms with Gasteiger partial charge < -0.3 is 4.42 Å². The van der Waals surface area contributed by atoms with Gasteiger partial charge in [-0.25, -0.2) is 13.8 Å². The second-order valence-corrected chi connectivity index (χ2v) is 4.02. The predicted molar refractivity (Wildman–Crippen MR) is 67.3 cm³/mol. The van der Waals surface area contributed by atoms with Crippen LogP contribution in [0.3, 0.4) is 0 Å². The van der Waals surface area contributed by atoms with Gasteiger partial charge in [0.05, 0.1) is 11.8 Å². The Morgan fingerprint density at radius 3 is 2.47 bits per heavy atom. The van der Waals surface area contributed by atoms with Crippen LogP contribution in [0, 0.1) is 11.6 Å². The molecule has 0 amide bonds. The van der Waals surface area contributed by atoms with Gasteiger partial charge in [0.25, 0.3) is 0 Å². The average Bonchev–Trinajstić information content (AvgIpc) is 2.89. The highest BCUT2D eigenvalue weighted by molar-refractivity contribution is 5.61. The normalized spacial score (nSPS) is 10.6. The van der Waals surface area contributed by atoms with Gasteiger partial charge in [-0.3, -0.25) is 0 Å². The second-order valence-electron chi connectivity index (χ2n) is 4.02. The molecule has 1 heterocycles. The van der Waals surface area contributed by atoms with E-state index >= 15 is 0 Å². The smallest absolute Gasteiger partial charge is 0.226 e. The molecule has 0 N–H and O–H groups in total. The fourth-order valence-corrected chi connectivity index (χ4v) is 1.80. The quantitative estimate of drug-likeness (QED) is 0.684. The average molecular weight is 257 g/mol. The third-order valence-corrected chi connectivity index (χ3v) is 2.72. The number of nitrogens with zero attached hydrogens (tertiary/aromatic N) is 1. The van der Waals surface area contributed by atoms with Crippen LogP contribution in [0.4, 0.5) is 8.78 Å². The summed E-state index contributed by atoms with van der Waals surface area (Å²) in [5.74, 6) is -0.615. The van der Waals surface area contributed by atoms with Crippen LogP contribution in [0.25, 0.3) is 22.8 Å². The van der Waals surface area contributed by atoms with Crippen molar-refractivity contribution in [2.24, 2.45) is 0 Å². The van der Waals surface area contributed by atoms with Gasteiger partial charge in [0.15, 0.2) is 5.76 Å². The molecule has 0 saturated carbocycles. The molecule has 4 heteroatoms. The maximum atomic E-state index is 13.6. The summed E-state index contributed by atoms with van der Waals surface area (Å²) in [4.78, 5) is 4.10. The van der Waals surface area contributed by atoms with E-state index in [0.717, 1.165) is 11.6 Å². The minimum Gasteiger partial charge on any atom is -0.436 e. The van der Waals surface area contributed by atoms with E-state index in [4.69, 9.17) is 4.42 Å². The summed E-state index contributed by atoms with van der Waals surface area (Å²) in [5, 5.41) is 0. The SMILES string of the molecule is Fc1ccc(-c2cnc(-c3ccccc3)o2)c(F)c1. The maximum absolute atomic E-state index is 13.6. The summed E-state index contributed by atoms with van der Waals surface area (Å²) in [6.45, 7) is 0. The van der Waals surface area contributed by atoms with Crippen molar-refractivity contribution in [1.82, 2.24) is 4.98 Å². The minimum atomic E-state index is -0.671. The van der Waals surface area contributed by atoms with Crippen molar-refractivity contribution < 1.29 is 13.2 Å². The summed E-state index contributed by atoms with van der Waals surface area (Å²) in [5.41, 5.74) is 0.993. The fraction of sp³-hybridized carbons (Fsp3) is 0. The van der Waals surface area contributed by atoms with E-state index in [2.05, 4.69) is 4.98 Å². The van der Waals surface area contributed by atoms with E-state index in [1.54, 1.807) is 0 Å². The first-order chi connectivity index (χ1) is 9.24. The number of rotatable bonds is 2. The first-order valence-corrected chi connectivity index (χ1v) is 5.71. The van der Waals surface area contributed by atoms with Crippen LogP contribution < -0.4 is 0 Å². The van der Waals surface area contributed by atoms with Gasteiger partial charge >= 0.3 is 0 Å². The molecule has 0 saturated heterocycles. The first kappa shape index (κ1) is 11.6. The number of hydrogen-bond donors (Lipinski definition) is 0. The molecule has 0 bridgehead atoms. The molecule has 0 aliphatic rings. The first-order valence-electron chi connectivity index (χ1n) is 5.71. The summed E-state index contributed by atoms with van der Waals surface area (Å²) < 4.78 is 32.0. The molecular formula is C15H9F2NO. The molecule has 1 aromatic heterocycles. The van der Waals surface area contributed by atoms with Crippen molar-refractivity contribution in [2.75, 3.05) is 0 Å². The van der Waals surface area contributed by atoms with Gasteiger partial charge in [0.2, 0.25) is 5.89 Å². The summed E-state index contributed by atoms with van der Waals surface area (Å²) in [6.07, 6.45) is 1.43. The monoisotopic (exact) mass is 257 g/mol. The molecule has 0 fully saturated rings. The van der Waals surface area contributed by atoms with Crippen molar-refractivity contribution >= 4 is 0 Å². The Labute approximate surface area is 108 Å². The van der Waals surface area contributed by atoms with Crippen LogP contribution in [0.1, 0.15) is 0 Å². The van der Waals surface area contributed by atoms with Gasteiger partial charge in [-0.15, -0.1) is 0 Å². The molecular weight excluding hydrogens is 248 g/mol. The van der Waals surface area contributed by atoms with E-state index in [1.165, 1.54) is 18.3 Å². The summed E-state index contributed by atoms with van der Waals surface area (Å²) >= 11 is 0. The molecule has 0 atom stereocenters. The van der Waals surface area contributed by atoms with Crippen molar-refractivity contribution in [3.8, 4) is 22.8 Å². The van der Waals surface area contributed by atoms with Crippen molar-refractivity contribution in [3.05, 3.63) is 66.4 Å². The van der Waals surface area contributed by atoms with Crippen molar-refractivity contribution in [3.63, 3.8) is 0 Å². The zero-order valence-corrected chi connectivity index (χ0v) is 9.81. The van der Waals surface area contributed by atoms with E-state index in [-0.39, 0.29) is 11.3 Å². The largest absolute Gasteiger partial charge is 0.436 e. The molecule has 19 heavy (non-hydrogen) atoms. The number of oxazole rings is 1. The Morgan fingerprint density at radius 2 is 1.74 bits per heavy atom. The van der Waals surface area contributed by atoms with E-state index in [9.17, 15) is 8.78 Å². The fourth-order valence-electron chi connectivity index (χ4n) is 1.80. The van der Waals surface area contributed by atoms with E-state index in [1.807, 2.05) is 30.3 Å². The lowest BCUT2D eigenvalue weighted by molar-refractivity contribution is 0.564. The van der Waals surface area contributed by atoms with E-state index in [0.29, 0.717) is 5.89 Å². The zero-order valence-electron chi connectivity index (χ0n) is 9.81.